The lowest BCUT2D eigenvalue weighted by Gasteiger charge is -2.06. The summed E-state index contributed by atoms with van der Waals surface area (Å²) in [6, 6.07) is 9.90. The van der Waals surface area contributed by atoms with Gasteiger partial charge in [-0.15, -0.1) is 0 Å². The van der Waals surface area contributed by atoms with E-state index in [2.05, 4.69) is 10.3 Å². The Hall–Kier alpha value is -2.69. The molecule has 0 bridgehead atoms. The first kappa shape index (κ1) is 13.7. The van der Waals surface area contributed by atoms with Gasteiger partial charge in [0.2, 0.25) is 5.91 Å². The van der Waals surface area contributed by atoms with Crippen molar-refractivity contribution in [3.8, 4) is 0 Å². The minimum Gasteiger partial charge on any atom is -0.478 e. The van der Waals surface area contributed by atoms with Crippen LogP contribution in [0, 0.1) is 0 Å². The molecule has 0 aliphatic rings. The van der Waals surface area contributed by atoms with E-state index in [9.17, 15) is 9.59 Å². The Morgan fingerprint density at radius 1 is 1.15 bits per heavy atom. The molecule has 0 spiro atoms. The average molecular weight is 270 g/mol. The zero-order chi connectivity index (χ0) is 14.4. The Bertz CT molecular complexity index is 612. The van der Waals surface area contributed by atoms with Gasteiger partial charge in [0.05, 0.1) is 5.56 Å². The fourth-order valence-electron chi connectivity index (χ4n) is 1.76. The van der Waals surface area contributed by atoms with Crippen LogP contribution in [0.4, 0.5) is 5.69 Å². The van der Waals surface area contributed by atoms with Gasteiger partial charge in [-0.3, -0.25) is 9.78 Å². The molecule has 1 aromatic carbocycles. The van der Waals surface area contributed by atoms with Crippen molar-refractivity contribution in [1.82, 2.24) is 4.98 Å². The summed E-state index contributed by atoms with van der Waals surface area (Å²) >= 11 is 0. The summed E-state index contributed by atoms with van der Waals surface area (Å²) in [4.78, 5) is 26.5. The third-order valence-electron chi connectivity index (χ3n) is 2.78. The van der Waals surface area contributed by atoms with Crippen LogP contribution in [0.2, 0.25) is 0 Å². The van der Waals surface area contributed by atoms with Crippen LogP contribution in [0.5, 0.6) is 0 Å². The molecule has 2 N–H and O–H groups in total. The molecule has 0 aliphatic heterocycles. The zero-order valence-electron chi connectivity index (χ0n) is 10.7. The molecule has 0 atom stereocenters. The number of anilines is 1. The van der Waals surface area contributed by atoms with Crippen LogP contribution in [0.1, 0.15) is 22.3 Å². The van der Waals surface area contributed by atoms with Gasteiger partial charge >= 0.3 is 5.97 Å². The molecule has 0 aliphatic carbocycles. The summed E-state index contributed by atoms with van der Waals surface area (Å²) in [7, 11) is 0. The zero-order valence-corrected chi connectivity index (χ0v) is 10.7. The Morgan fingerprint density at radius 2 is 1.90 bits per heavy atom. The molecular formula is C15H14N2O3. The Kier molecular flexibility index (Phi) is 4.44. The molecule has 0 saturated heterocycles. The van der Waals surface area contributed by atoms with Gasteiger partial charge in [0.15, 0.2) is 0 Å². The summed E-state index contributed by atoms with van der Waals surface area (Å²) in [5.41, 5.74) is 1.68. The number of aromatic carboxylic acids is 1. The van der Waals surface area contributed by atoms with E-state index in [0.717, 1.165) is 5.56 Å². The van der Waals surface area contributed by atoms with Gasteiger partial charge in [-0.05, 0) is 42.3 Å². The molecule has 1 aromatic heterocycles. The van der Waals surface area contributed by atoms with Crippen molar-refractivity contribution in [2.24, 2.45) is 0 Å². The van der Waals surface area contributed by atoms with E-state index < -0.39 is 5.97 Å². The molecule has 2 aromatic rings. The van der Waals surface area contributed by atoms with Gasteiger partial charge in [0, 0.05) is 24.5 Å². The maximum Gasteiger partial charge on any atom is 0.335 e. The van der Waals surface area contributed by atoms with Crippen LogP contribution in [0.15, 0.2) is 48.8 Å². The normalized spacial score (nSPS) is 10.0. The third-order valence-corrected chi connectivity index (χ3v) is 2.78. The number of carboxylic acids is 1. The lowest BCUT2D eigenvalue weighted by molar-refractivity contribution is -0.116. The Labute approximate surface area is 116 Å². The number of hydrogen-bond acceptors (Lipinski definition) is 3. The maximum absolute atomic E-state index is 11.8. The van der Waals surface area contributed by atoms with E-state index in [1.165, 1.54) is 12.1 Å². The van der Waals surface area contributed by atoms with E-state index >= 15 is 0 Å². The summed E-state index contributed by atoms with van der Waals surface area (Å²) < 4.78 is 0. The predicted octanol–water partition coefficient (Wildman–Crippen LogP) is 2.35. The number of rotatable bonds is 5. The number of nitrogens with one attached hydrogen (secondary N) is 1. The SMILES string of the molecule is O=C(CCc1ccncc1)Nc1cccc(C(=O)O)c1. The number of amides is 1. The molecule has 0 saturated carbocycles. The molecule has 5 nitrogen and oxygen atoms in total. The lowest BCUT2D eigenvalue weighted by Crippen LogP contribution is -2.12. The summed E-state index contributed by atoms with van der Waals surface area (Å²) in [5.74, 6) is -1.16. The number of carboxylic acid groups (broad SMARTS) is 1. The Morgan fingerprint density at radius 3 is 2.60 bits per heavy atom. The lowest BCUT2D eigenvalue weighted by atomic mass is 10.1. The first-order chi connectivity index (χ1) is 9.65. The first-order valence-corrected chi connectivity index (χ1v) is 6.17. The van der Waals surface area contributed by atoms with Crippen molar-refractivity contribution in [1.29, 1.82) is 0 Å². The maximum atomic E-state index is 11.8. The van der Waals surface area contributed by atoms with E-state index in [-0.39, 0.29) is 11.5 Å². The minimum atomic E-state index is -1.02. The minimum absolute atomic E-state index is 0.149. The number of benzene rings is 1. The van der Waals surface area contributed by atoms with Crippen LogP contribution in [-0.2, 0) is 11.2 Å². The molecular weight excluding hydrogens is 256 g/mol. The second-order valence-electron chi connectivity index (χ2n) is 4.29. The van der Waals surface area contributed by atoms with Crippen molar-refractivity contribution in [3.05, 3.63) is 59.9 Å². The third kappa shape index (κ3) is 3.91. The van der Waals surface area contributed by atoms with Gasteiger partial charge < -0.3 is 10.4 Å². The average Bonchev–Trinajstić information content (AvgIpc) is 2.46. The van der Waals surface area contributed by atoms with Crippen LogP contribution in [-0.4, -0.2) is 22.0 Å². The number of nitrogens with zero attached hydrogens (tertiary/aromatic N) is 1. The molecule has 5 heteroatoms. The standard InChI is InChI=1S/C15H14N2O3/c18-14(5-4-11-6-8-16-9-7-11)17-13-3-1-2-12(10-13)15(19)20/h1-3,6-10H,4-5H2,(H,17,18)(H,19,20). The van der Waals surface area contributed by atoms with Crippen molar-refractivity contribution >= 4 is 17.6 Å². The van der Waals surface area contributed by atoms with Crippen molar-refractivity contribution in [3.63, 3.8) is 0 Å². The van der Waals surface area contributed by atoms with Crippen molar-refractivity contribution < 1.29 is 14.7 Å². The summed E-state index contributed by atoms with van der Waals surface area (Å²) in [6.45, 7) is 0. The van der Waals surface area contributed by atoms with Crippen LogP contribution >= 0.6 is 0 Å². The quantitative estimate of drug-likeness (QED) is 0.874. The van der Waals surface area contributed by atoms with Crippen LogP contribution in [0.25, 0.3) is 0 Å². The number of carbonyl (C=O) groups excluding carboxylic acids is 1. The molecule has 0 radical (unpaired) electrons. The molecule has 1 amide bonds. The van der Waals surface area contributed by atoms with Gasteiger partial charge in [-0.1, -0.05) is 6.07 Å². The highest BCUT2D eigenvalue weighted by atomic mass is 16.4. The van der Waals surface area contributed by atoms with E-state index in [0.29, 0.717) is 18.5 Å². The number of pyridine rings is 1. The second kappa shape index (κ2) is 6.47. The first-order valence-electron chi connectivity index (χ1n) is 6.17. The fourth-order valence-corrected chi connectivity index (χ4v) is 1.76. The van der Waals surface area contributed by atoms with Crippen LogP contribution in [0.3, 0.4) is 0 Å². The topological polar surface area (TPSA) is 79.3 Å². The predicted molar refractivity (Wildman–Crippen MR) is 74.6 cm³/mol. The Balaban J connectivity index is 1.91. The number of aromatic nitrogens is 1. The van der Waals surface area contributed by atoms with Gasteiger partial charge in [-0.25, -0.2) is 4.79 Å². The van der Waals surface area contributed by atoms with Gasteiger partial charge in [-0.2, -0.15) is 0 Å². The van der Waals surface area contributed by atoms with Crippen LogP contribution < -0.4 is 5.32 Å². The summed E-state index contributed by atoms with van der Waals surface area (Å²) in [6.07, 6.45) is 4.32. The molecule has 1 heterocycles. The molecule has 102 valence electrons. The van der Waals surface area contributed by atoms with E-state index in [1.807, 2.05) is 12.1 Å². The van der Waals surface area contributed by atoms with Gasteiger partial charge in [0.25, 0.3) is 0 Å². The van der Waals surface area contributed by atoms with Gasteiger partial charge in [0.1, 0.15) is 0 Å². The smallest absolute Gasteiger partial charge is 0.335 e. The highest BCUT2D eigenvalue weighted by Crippen LogP contribution is 2.11. The molecule has 2 rings (SSSR count). The highest BCUT2D eigenvalue weighted by Gasteiger charge is 2.06. The van der Waals surface area contributed by atoms with Crippen molar-refractivity contribution in [2.45, 2.75) is 12.8 Å². The van der Waals surface area contributed by atoms with E-state index in [1.54, 1.807) is 24.5 Å². The van der Waals surface area contributed by atoms with E-state index in [4.69, 9.17) is 5.11 Å². The summed E-state index contributed by atoms with van der Waals surface area (Å²) in [5, 5.41) is 11.6. The second-order valence-corrected chi connectivity index (χ2v) is 4.29. The number of carbonyl (C=O) groups is 2. The van der Waals surface area contributed by atoms with Crippen molar-refractivity contribution in [2.75, 3.05) is 5.32 Å². The number of aryl methyl sites for hydroxylation is 1. The fraction of sp³-hybridized carbons (Fsp3) is 0.133. The molecule has 20 heavy (non-hydrogen) atoms. The monoisotopic (exact) mass is 270 g/mol. The molecule has 0 unspecified atom stereocenters. The molecule has 0 fully saturated rings. The largest absolute Gasteiger partial charge is 0.478 e. The highest BCUT2D eigenvalue weighted by molar-refractivity contribution is 5.93. The number of hydrogen-bond donors (Lipinski definition) is 2.